The predicted octanol–water partition coefficient (Wildman–Crippen LogP) is 5.39. The molecule has 0 amide bonds. The molecule has 2 nitrogen and oxygen atoms in total. The minimum atomic E-state index is -4.44. The van der Waals surface area contributed by atoms with Gasteiger partial charge in [0.25, 0.3) is 0 Å². The zero-order valence-corrected chi connectivity index (χ0v) is 12.5. The highest BCUT2D eigenvalue weighted by molar-refractivity contribution is 9.10. The fourth-order valence-electron chi connectivity index (χ4n) is 1.83. The number of anilines is 2. The van der Waals surface area contributed by atoms with Crippen LogP contribution in [0.15, 0.2) is 40.9 Å². The van der Waals surface area contributed by atoms with Crippen LogP contribution < -0.4 is 5.32 Å². The van der Waals surface area contributed by atoms with E-state index in [2.05, 4.69) is 21.2 Å². The molecule has 0 bridgehead atoms. The lowest BCUT2D eigenvalue weighted by molar-refractivity contribution is -0.138. The Balaban J connectivity index is 2.42. The number of benzene rings is 2. The van der Waals surface area contributed by atoms with Crippen LogP contribution in [0.25, 0.3) is 0 Å². The Bertz CT molecular complexity index is 718. The summed E-state index contributed by atoms with van der Waals surface area (Å²) < 4.78 is 38.6. The minimum absolute atomic E-state index is 0.0229. The summed E-state index contributed by atoms with van der Waals surface area (Å²) in [5, 5.41) is 11.9. The average Bonchev–Trinajstić information content (AvgIpc) is 2.40. The molecule has 0 saturated carbocycles. The molecule has 0 spiro atoms. The largest absolute Gasteiger partial charge is 0.417 e. The molecule has 0 unspecified atom stereocenters. The van der Waals surface area contributed by atoms with Gasteiger partial charge in [-0.25, -0.2) is 0 Å². The zero-order valence-electron chi connectivity index (χ0n) is 10.9. The summed E-state index contributed by atoms with van der Waals surface area (Å²) in [4.78, 5) is 0. The number of nitrogens with zero attached hydrogens (tertiary/aromatic N) is 1. The summed E-state index contributed by atoms with van der Waals surface area (Å²) in [6.07, 6.45) is -4.44. The molecule has 2 aromatic carbocycles. The molecule has 0 fully saturated rings. The molecule has 0 radical (unpaired) electrons. The van der Waals surface area contributed by atoms with Gasteiger partial charge in [-0.2, -0.15) is 18.4 Å². The van der Waals surface area contributed by atoms with Crippen molar-refractivity contribution >= 4 is 27.3 Å². The minimum Gasteiger partial charge on any atom is -0.354 e. The third kappa shape index (κ3) is 3.56. The molecule has 0 heterocycles. The van der Waals surface area contributed by atoms with E-state index in [0.717, 1.165) is 11.6 Å². The Labute approximate surface area is 128 Å². The lowest BCUT2D eigenvalue weighted by Gasteiger charge is -2.13. The van der Waals surface area contributed by atoms with E-state index in [1.165, 1.54) is 12.1 Å². The number of hydrogen-bond acceptors (Lipinski definition) is 2. The Morgan fingerprint density at radius 1 is 1.14 bits per heavy atom. The fraction of sp³-hybridized carbons (Fsp3) is 0.133. The Hall–Kier alpha value is -2.00. The highest BCUT2D eigenvalue weighted by atomic mass is 79.9. The number of nitriles is 1. The van der Waals surface area contributed by atoms with E-state index in [-0.39, 0.29) is 10.2 Å². The molecule has 0 aliphatic carbocycles. The van der Waals surface area contributed by atoms with Gasteiger partial charge < -0.3 is 5.32 Å². The fourth-order valence-corrected chi connectivity index (χ4v) is 2.31. The molecule has 21 heavy (non-hydrogen) atoms. The van der Waals surface area contributed by atoms with E-state index in [0.29, 0.717) is 11.3 Å². The second-order valence-corrected chi connectivity index (χ2v) is 5.33. The molecule has 0 aromatic heterocycles. The molecule has 2 rings (SSSR count). The van der Waals surface area contributed by atoms with Gasteiger partial charge in [0.2, 0.25) is 0 Å². The molecular formula is C15H10BrF3N2. The van der Waals surface area contributed by atoms with Crippen LogP contribution in [0.4, 0.5) is 24.5 Å². The maximum absolute atomic E-state index is 12.9. The summed E-state index contributed by atoms with van der Waals surface area (Å²) in [6.45, 7) is 1.84. The predicted molar refractivity (Wildman–Crippen MR) is 78.3 cm³/mol. The van der Waals surface area contributed by atoms with Crippen LogP contribution in [-0.2, 0) is 6.18 Å². The van der Waals surface area contributed by atoms with E-state index in [1.54, 1.807) is 18.2 Å². The van der Waals surface area contributed by atoms with Gasteiger partial charge in [0.1, 0.15) is 6.07 Å². The third-order valence-electron chi connectivity index (χ3n) is 2.85. The highest BCUT2D eigenvalue weighted by Gasteiger charge is 2.33. The first kappa shape index (κ1) is 15.4. The third-order valence-corrected chi connectivity index (χ3v) is 3.54. The van der Waals surface area contributed by atoms with Crippen molar-refractivity contribution in [3.63, 3.8) is 0 Å². The van der Waals surface area contributed by atoms with Crippen molar-refractivity contribution < 1.29 is 13.2 Å². The van der Waals surface area contributed by atoms with E-state index < -0.39 is 11.7 Å². The molecule has 0 aliphatic heterocycles. The van der Waals surface area contributed by atoms with Crippen molar-refractivity contribution in [1.29, 1.82) is 5.26 Å². The van der Waals surface area contributed by atoms with Crippen LogP contribution in [-0.4, -0.2) is 0 Å². The number of aryl methyl sites for hydroxylation is 1. The van der Waals surface area contributed by atoms with Crippen molar-refractivity contribution in [2.24, 2.45) is 0 Å². The molecule has 2 aromatic rings. The topological polar surface area (TPSA) is 35.8 Å². The Morgan fingerprint density at radius 2 is 1.86 bits per heavy atom. The first-order valence-electron chi connectivity index (χ1n) is 5.96. The Kier molecular flexibility index (Phi) is 4.24. The lowest BCUT2D eigenvalue weighted by Crippen LogP contribution is -2.07. The first-order valence-corrected chi connectivity index (χ1v) is 6.75. The molecule has 0 atom stereocenters. The summed E-state index contributed by atoms with van der Waals surface area (Å²) in [7, 11) is 0. The molecule has 108 valence electrons. The van der Waals surface area contributed by atoms with Gasteiger partial charge in [-0.15, -0.1) is 0 Å². The maximum atomic E-state index is 12.9. The van der Waals surface area contributed by atoms with Gasteiger partial charge in [-0.05, 0) is 42.8 Å². The van der Waals surface area contributed by atoms with E-state index in [4.69, 9.17) is 5.26 Å². The van der Waals surface area contributed by atoms with Gasteiger partial charge in [0, 0.05) is 10.2 Å². The van der Waals surface area contributed by atoms with Crippen LogP contribution in [0.1, 0.15) is 16.7 Å². The van der Waals surface area contributed by atoms with Gasteiger partial charge in [0.05, 0.1) is 16.8 Å². The normalized spacial score (nSPS) is 11.0. The molecule has 1 N–H and O–H groups in total. The number of halogens is 4. The summed E-state index contributed by atoms with van der Waals surface area (Å²) in [6, 6.07) is 11.0. The van der Waals surface area contributed by atoms with E-state index >= 15 is 0 Å². The van der Waals surface area contributed by atoms with Gasteiger partial charge in [-0.1, -0.05) is 22.0 Å². The van der Waals surface area contributed by atoms with Crippen LogP contribution >= 0.6 is 15.9 Å². The van der Waals surface area contributed by atoms with Gasteiger partial charge >= 0.3 is 6.18 Å². The van der Waals surface area contributed by atoms with Gasteiger partial charge in [-0.3, -0.25) is 0 Å². The monoisotopic (exact) mass is 354 g/mol. The molecule has 0 aliphatic rings. The summed E-state index contributed by atoms with van der Waals surface area (Å²) >= 11 is 2.89. The maximum Gasteiger partial charge on any atom is 0.417 e. The zero-order chi connectivity index (χ0) is 15.6. The van der Waals surface area contributed by atoms with Crippen molar-refractivity contribution in [2.75, 3.05) is 5.32 Å². The van der Waals surface area contributed by atoms with Crippen molar-refractivity contribution in [3.05, 3.63) is 57.6 Å². The standard InChI is InChI=1S/C15H10BrF3N2/c1-9-2-3-10(8-20)14(6-9)21-11-4-5-13(16)12(7-11)15(17,18)19/h2-7,21H,1H3. The number of hydrogen-bond donors (Lipinski definition) is 1. The summed E-state index contributed by atoms with van der Waals surface area (Å²) in [5.41, 5.74) is 1.26. The van der Waals surface area contributed by atoms with Gasteiger partial charge in [0.15, 0.2) is 0 Å². The first-order chi connectivity index (χ1) is 9.81. The quantitative estimate of drug-likeness (QED) is 0.784. The smallest absolute Gasteiger partial charge is 0.354 e. The second kappa shape index (κ2) is 5.78. The SMILES string of the molecule is Cc1ccc(C#N)c(Nc2ccc(Br)c(C(F)(F)F)c2)c1. The van der Waals surface area contributed by atoms with Crippen molar-refractivity contribution in [3.8, 4) is 6.07 Å². The number of alkyl halides is 3. The van der Waals surface area contributed by atoms with Crippen molar-refractivity contribution in [2.45, 2.75) is 13.1 Å². The van der Waals surface area contributed by atoms with E-state index in [1.807, 2.05) is 13.0 Å². The highest BCUT2D eigenvalue weighted by Crippen LogP contribution is 2.37. The lowest BCUT2D eigenvalue weighted by atomic mass is 10.1. The Morgan fingerprint density at radius 3 is 2.48 bits per heavy atom. The average molecular weight is 355 g/mol. The van der Waals surface area contributed by atoms with Crippen LogP contribution in [0.3, 0.4) is 0 Å². The number of nitrogens with one attached hydrogen (secondary N) is 1. The van der Waals surface area contributed by atoms with E-state index in [9.17, 15) is 13.2 Å². The van der Waals surface area contributed by atoms with Crippen molar-refractivity contribution in [1.82, 2.24) is 0 Å². The second-order valence-electron chi connectivity index (χ2n) is 4.48. The number of rotatable bonds is 2. The van der Waals surface area contributed by atoms with Crippen LogP contribution in [0, 0.1) is 18.3 Å². The van der Waals surface area contributed by atoms with Crippen LogP contribution in [0.2, 0.25) is 0 Å². The molecular weight excluding hydrogens is 345 g/mol. The van der Waals surface area contributed by atoms with Crippen LogP contribution in [0.5, 0.6) is 0 Å². The summed E-state index contributed by atoms with van der Waals surface area (Å²) in [5.74, 6) is 0. The molecule has 6 heteroatoms. The molecule has 0 saturated heterocycles.